The first-order valence-electron chi connectivity index (χ1n) is 4.68. The summed E-state index contributed by atoms with van der Waals surface area (Å²) in [6.07, 6.45) is -2.19. The molecule has 6 heteroatoms. The lowest BCUT2D eigenvalue weighted by Gasteiger charge is -2.15. The van der Waals surface area contributed by atoms with E-state index in [0.29, 0.717) is 12.3 Å². The Kier molecular flexibility index (Phi) is 4.50. The third-order valence-corrected chi connectivity index (χ3v) is 3.22. The van der Waals surface area contributed by atoms with Gasteiger partial charge in [-0.25, -0.2) is 8.78 Å². The number of amides is 1. The molecule has 15 heavy (non-hydrogen) atoms. The van der Waals surface area contributed by atoms with E-state index in [1.165, 1.54) is 11.8 Å². The van der Waals surface area contributed by atoms with Gasteiger partial charge in [0.25, 0.3) is 6.43 Å². The van der Waals surface area contributed by atoms with E-state index in [1.807, 2.05) is 0 Å². The molecule has 0 spiro atoms. The van der Waals surface area contributed by atoms with Crippen LogP contribution in [0.4, 0.5) is 8.78 Å². The minimum atomic E-state index is -2.48. The van der Waals surface area contributed by atoms with Gasteiger partial charge in [0.05, 0.1) is 6.54 Å². The predicted octanol–water partition coefficient (Wildman–Crippen LogP) is 1.38. The Labute approximate surface area is 91.2 Å². The van der Waals surface area contributed by atoms with E-state index in [0.717, 1.165) is 11.8 Å². The molecule has 1 saturated heterocycles. The van der Waals surface area contributed by atoms with E-state index in [-0.39, 0.29) is 23.4 Å². The topological polar surface area (TPSA) is 37.4 Å². The fraction of sp³-hybridized carbons (Fsp3) is 0.778. The minimum absolute atomic E-state index is 0.00485. The fourth-order valence-electron chi connectivity index (χ4n) is 1.54. The summed E-state index contributed by atoms with van der Waals surface area (Å²) in [5.41, 5.74) is 0. The van der Waals surface area contributed by atoms with Crippen LogP contribution in [0.25, 0.3) is 0 Å². The Morgan fingerprint density at radius 3 is 2.87 bits per heavy atom. The van der Waals surface area contributed by atoms with Gasteiger partial charge in [-0.15, -0.1) is 0 Å². The third kappa shape index (κ3) is 4.15. The zero-order chi connectivity index (χ0) is 11.4. The van der Waals surface area contributed by atoms with Crippen molar-refractivity contribution in [1.29, 1.82) is 0 Å². The van der Waals surface area contributed by atoms with Crippen molar-refractivity contribution >= 4 is 22.8 Å². The second-order valence-electron chi connectivity index (χ2n) is 3.56. The minimum Gasteiger partial charge on any atom is -0.337 e. The summed E-state index contributed by atoms with van der Waals surface area (Å²) in [6, 6.07) is 0. The van der Waals surface area contributed by atoms with Crippen LogP contribution in [0.2, 0.25) is 0 Å². The van der Waals surface area contributed by atoms with Crippen LogP contribution in [0.15, 0.2) is 0 Å². The molecule has 3 nitrogen and oxygen atoms in total. The number of carbonyl (C=O) groups excluding carboxylic acids is 2. The van der Waals surface area contributed by atoms with Gasteiger partial charge in [-0.1, -0.05) is 11.8 Å². The smallest absolute Gasteiger partial charge is 0.255 e. The number of alkyl halides is 2. The van der Waals surface area contributed by atoms with Gasteiger partial charge in [0, 0.05) is 25.6 Å². The highest BCUT2D eigenvalue weighted by molar-refractivity contribution is 8.13. The van der Waals surface area contributed by atoms with Gasteiger partial charge < -0.3 is 4.90 Å². The zero-order valence-electron chi connectivity index (χ0n) is 8.41. The highest BCUT2D eigenvalue weighted by Crippen LogP contribution is 2.22. The number of likely N-dealkylation sites (tertiary alicyclic amines) is 1. The molecule has 1 amide bonds. The molecule has 0 saturated carbocycles. The number of thioether (sulfide) groups is 1. The molecule has 1 rings (SSSR count). The molecule has 0 aromatic heterocycles. The summed E-state index contributed by atoms with van der Waals surface area (Å²) >= 11 is 1.15. The van der Waals surface area contributed by atoms with Gasteiger partial charge in [-0.2, -0.15) is 0 Å². The molecule has 0 N–H and O–H groups in total. The van der Waals surface area contributed by atoms with Gasteiger partial charge in [0.1, 0.15) is 0 Å². The molecule has 1 heterocycles. The average Bonchev–Trinajstić information content (AvgIpc) is 2.43. The van der Waals surface area contributed by atoms with Gasteiger partial charge >= 0.3 is 0 Å². The fourth-order valence-corrected chi connectivity index (χ4v) is 2.24. The SMILES string of the molecule is CC(=O)SCC1CC(=O)N(CC(F)F)C1. The lowest BCUT2D eigenvalue weighted by Crippen LogP contribution is -2.30. The molecule has 0 bridgehead atoms. The Morgan fingerprint density at radius 1 is 1.67 bits per heavy atom. The Morgan fingerprint density at radius 2 is 2.33 bits per heavy atom. The van der Waals surface area contributed by atoms with E-state index in [9.17, 15) is 18.4 Å². The van der Waals surface area contributed by atoms with E-state index >= 15 is 0 Å². The number of carbonyl (C=O) groups is 2. The van der Waals surface area contributed by atoms with Crippen molar-refractivity contribution in [3.05, 3.63) is 0 Å². The van der Waals surface area contributed by atoms with Crippen LogP contribution in [-0.2, 0) is 9.59 Å². The first-order valence-corrected chi connectivity index (χ1v) is 5.67. The van der Waals surface area contributed by atoms with E-state index in [2.05, 4.69) is 0 Å². The molecule has 1 aliphatic rings. The highest BCUT2D eigenvalue weighted by Gasteiger charge is 2.31. The first kappa shape index (κ1) is 12.4. The van der Waals surface area contributed by atoms with Crippen LogP contribution in [-0.4, -0.2) is 41.2 Å². The van der Waals surface area contributed by atoms with Crippen molar-refractivity contribution in [3.63, 3.8) is 0 Å². The molecule has 1 fully saturated rings. The van der Waals surface area contributed by atoms with Gasteiger partial charge in [-0.3, -0.25) is 9.59 Å². The van der Waals surface area contributed by atoms with Crippen molar-refractivity contribution in [3.8, 4) is 0 Å². The molecular formula is C9H13F2NO2S. The Bertz CT molecular complexity index is 260. The molecular weight excluding hydrogens is 224 g/mol. The van der Waals surface area contributed by atoms with Crippen LogP contribution in [0.5, 0.6) is 0 Å². The molecule has 1 atom stereocenters. The normalized spacial score (nSPS) is 21.5. The summed E-state index contributed by atoms with van der Waals surface area (Å²) in [5.74, 6) is 0.343. The van der Waals surface area contributed by atoms with E-state index in [1.54, 1.807) is 0 Å². The number of hydrogen-bond acceptors (Lipinski definition) is 3. The lowest BCUT2D eigenvalue weighted by atomic mass is 10.1. The molecule has 1 aliphatic heterocycles. The second-order valence-corrected chi connectivity index (χ2v) is 4.76. The number of nitrogens with zero attached hydrogens (tertiary/aromatic N) is 1. The maximum atomic E-state index is 12.0. The van der Waals surface area contributed by atoms with Crippen molar-refractivity contribution in [2.24, 2.45) is 5.92 Å². The quantitative estimate of drug-likeness (QED) is 0.741. The van der Waals surface area contributed by atoms with E-state index < -0.39 is 13.0 Å². The summed E-state index contributed by atoms with van der Waals surface area (Å²) in [6.45, 7) is 1.32. The van der Waals surface area contributed by atoms with Crippen LogP contribution in [0, 0.1) is 5.92 Å². The maximum absolute atomic E-state index is 12.0. The summed E-state index contributed by atoms with van der Waals surface area (Å²) in [4.78, 5) is 23.1. The van der Waals surface area contributed by atoms with Crippen molar-refractivity contribution in [2.45, 2.75) is 19.8 Å². The number of hydrogen-bond donors (Lipinski definition) is 0. The van der Waals surface area contributed by atoms with Gasteiger partial charge in [0.15, 0.2) is 5.12 Å². The van der Waals surface area contributed by atoms with E-state index in [4.69, 9.17) is 0 Å². The monoisotopic (exact) mass is 237 g/mol. The highest BCUT2D eigenvalue weighted by atomic mass is 32.2. The van der Waals surface area contributed by atoms with Crippen molar-refractivity contribution in [2.75, 3.05) is 18.8 Å². The molecule has 86 valence electrons. The van der Waals surface area contributed by atoms with Crippen LogP contribution in [0.1, 0.15) is 13.3 Å². The van der Waals surface area contributed by atoms with Crippen molar-refractivity contribution in [1.82, 2.24) is 4.90 Å². The first-order chi connectivity index (χ1) is 6.99. The second kappa shape index (κ2) is 5.44. The van der Waals surface area contributed by atoms with Crippen LogP contribution < -0.4 is 0 Å². The molecule has 1 unspecified atom stereocenters. The van der Waals surface area contributed by atoms with Gasteiger partial charge in [-0.05, 0) is 5.92 Å². The largest absolute Gasteiger partial charge is 0.337 e. The lowest BCUT2D eigenvalue weighted by molar-refractivity contribution is -0.129. The summed E-state index contributed by atoms with van der Waals surface area (Å²) in [5, 5.41) is -0.00485. The average molecular weight is 237 g/mol. The predicted molar refractivity (Wildman–Crippen MR) is 53.8 cm³/mol. The van der Waals surface area contributed by atoms with Crippen LogP contribution >= 0.6 is 11.8 Å². The molecule has 0 aliphatic carbocycles. The molecule has 0 aromatic rings. The number of rotatable bonds is 4. The van der Waals surface area contributed by atoms with Crippen LogP contribution in [0.3, 0.4) is 0 Å². The number of halogens is 2. The Hall–Kier alpha value is -0.650. The molecule has 0 aromatic carbocycles. The maximum Gasteiger partial charge on any atom is 0.255 e. The third-order valence-electron chi connectivity index (χ3n) is 2.18. The standard InChI is InChI=1S/C9H13F2NO2S/c1-6(13)15-5-7-2-9(14)12(3-7)4-8(10)11/h7-8H,2-5H2,1H3. The zero-order valence-corrected chi connectivity index (χ0v) is 9.23. The molecule has 0 radical (unpaired) electrons. The summed E-state index contributed by atoms with van der Waals surface area (Å²) in [7, 11) is 0. The Balaban J connectivity index is 2.35. The van der Waals surface area contributed by atoms with Crippen molar-refractivity contribution < 1.29 is 18.4 Å². The van der Waals surface area contributed by atoms with Gasteiger partial charge in [0.2, 0.25) is 5.91 Å². The summed E-state index contributed by atoms with van der Waals surface area (Å²) < 4.78 is 24.1.